The molecule has 1 heterocycles. The van der Waals surface area contributed by atoms with E-state index in [9.17, 15) is 23.8 Å². The number of hydrogen-bond donors (Lipinski definition) is 2. The van der Waals surface area contributed by atoms with Crippen LogP contribution >= 0.6 is 0 Å². The summed E-state index contributed by atoms with van der Waals surface area (Å²) in [5, 5.41) is 20.8. The number of aromatic nitrogens is 1. The molecule has 0 aliphatic heterocycles. The van der Waals surface area contributed by atoms with Crippen molar-refractivity contribution in [2.45, 2.75) is 6.04 Å². The van der Waals surface area contributed by atoms with Gasteiger partial charge in [0.1, 0.15) is 23.2 Å². The third kappa shape index (κ3) is 3.54. The van der Waals surface area contributed by atoms with Gasteiger partial charge in [-0.05, 0) is 35.4 Å². The van der Waals surface area contributed by atoms with Gasteiger partial charge in [0.05, 0.1) is 7.11 Å². The van der Waals surface area contributed by atoms with Crippen LogP contribution in [-0.4, -0.2) is 32.9 Å². The van der Waals surface area contributed by atoms with Crippen LogP contribution in [0, 0.1) is 11.6 Å². The molecular formula is C20H18F2N2O4. The van der Waals surface area contributed by atoms with Crippen molar-refractivity contribution in [2.24, 2.45) is 7.05 Å². The smallest absolute Gasteiger partial charge is 0.283 e. The number of hydrogen-bond acceptors (Lipinski definition) is 4. The summed E-state index contributed by atoms with van der Waals surface area (Å²) < 4.78 is 28.0. The van der Waals surface area contributed by atoms with Gasteiger partial charge in [-0.2, -0.15) is 0 Å². The zero-order chi connectivity index (χ0) is 20.4. The van der Waals surface area contributed by atoms with Crippen molar-refractivity contribution in [1.29, 1.82) is 0 Å². The molecule has 0 fully saturated rings. The van der Waals surface area contributed by atoms with Gasteiger partial charge in [-0.3, -0.25) is 9.63 Å². The second-order valence-corrected chi connectivity index (χ2v) is 6.15. The molecule has 0 bridgehead atoms. The normalized spacial score (nSPS) is 11.0. The van der Waals surface area contributed by atoms with Gasteiger partial charge in [-0.1, -0.05) is 24.3 Å². The average Bonchev–Trinajstić information content (AvgIpc) is 2.95. The number of halogens is 2. The Morgan fingerprint density at radius 1 is 1.00 bits per heavy atom. The predicted molar refractivity (Wildman–Crippen MR) is 96.6 cm³/mol. The number of benzene rings is 2. The van der Waals surface area contributed by atoms with Crippen molar-refractivity contribution in [1.82, 2.24) is 9.63 Å². The number of rotatable bonds is 5. The van der Waals surface area contributed by atoms with Crippen molar-refractivity contribution in [3.05, 3.63) is 83.1 Å². The summed E-state index contributed by atoms with van der Waals surface area (Å²) in [6.45, 7) is 0. The molecule has 0 radical (unpaired) electrons. The van der Waals surface area contributed by atoms with Crippen molar-refractivity contribution in [3.63, 3.8) is 0 Å². The van der Waals surface area contributed by atoms with E-state index in [1.165, 1.54) is 73.5 Å². The zero-order valence-electron chi connectivity index (χ0n) is 15.1. The van der Waals surface area contributed by atoms with Crippen LogP contribution in [0.25, 0.3) is 0 Å². The van der Waals surface area contributed by atoms with Crippen LogP contribution in [0.2, 0.25) is 0 Å². The summed E-state index contributed by atoms with van der Waals surface area (Å²) in [5.74, 6) is -2.72. The summed E-state index contributed by atoms with van der Waals surface area (Å²) in [4.78, 5) is 18.3. The van der Waals surface area contributed by atoms with E-state index in [0.717, 1.165) is 5.06 Å². The molecule has 0 saturated carbocycles. The molecule has 146 valence electrons. The van der Waals surface area contributed by atoms with E-state index in [-0.39, 0.29) is 5.56 Å². The number of carbonyl (C=O) groups is 1. The Kier molecular flexibility index (Phi) is 5.32. The second-order valence-electron chi connectivity index (χ2n) is 6.15. The molecule has 2 N–H and O–H groups in total. The van der Waals surface area contributed by atoms with Crippen molar-refractivity contribution < 1.29 is 28.6 Å². The van der Waals surface area contributed by atoms with Gasteiger partial charge in [0.25, 0.3) is 5.91 Å². The van der Waals surface area contributed by atoms with Crippen LogP contribution < -0.4 is 0 Å². The summed E-state index contributed by atoms with van der Waals surface area (Å²) in [7, 11) is 2.72. The van der Waals surface area contributed by atoms with Crippen molar-refractivity contribution >= 4 is 5.91 Å². The molecule has 28 heavy (non-hydrogen) atoms. The maximum atomic E-state index is 13.4. The first-order chi connectivity index (χ1) is 13.3. The standard InChI is InChI=1S/C20H18F2N2O4/c1-23-11-16(18(25)20(23)27)19(26)24(28-2)17(12-3-7-14(21)8-4-12)13-5-9-15(22)10-6-13/h3-11,17,25,27H,1-2H3. The monoisotopic (exact) mass is 388 g/mol. The Hall–Kier alpha value is -3.39. The molecule has 1 amide bonds. The first-order valence-corrected chi connectivity index (χ1v) is 8.29. The minimum Gasteiger partial charge on any atom is -0.503 e. The van der Waals surface area contributed by atoms with Crippen LogP contribution in [0.3, 0.4) is 0 Å². The summed E-state index contributed by atoms with van der Waals surface area (Å²) in [5.41, 5.74) is 0.821. The molecule has 0 aliphatic carbocycles. The summed E-state index contributed by atoms with van der Waals surface area (Å²) in [6, 6.07) is 9.98. The number of amides is 1. The van der Waals surface area contributed by atoms with Gasteiger partial charge < -0.3 is 14.8 Å². The fourth-order valence-corrected chi connectivity index (χ4v) is 2.94. The minimum atomic E-state index is -0.861. The van der Waals surface area contributed by atoms with E-state index < -0.39 is 35.2 Å². The molecule has 0 atom stereocenters. The zero-order valence-corrected chi connectivity index (χ0v) is 15.1. The van der Waals surface area contributed by atoms with E-state index >= 15 is 0 Å². The highest BCUT2D eigenvalue weighted by molar-refractivity contribution is 5.97. The van der Waals surface area contributed by atoms with Gasteiger partial charge in [-0.25, -0.2) is 13.8 Å². The van der Waals surface area contributed by atoms with Crippen molar-refractivity contribution in [2.75, 3.05) is 7.11 Å². The highest BCUT2D eigenvalue weighted by Gasteiger charge is 2.32. The fraction of sp³-hybridized carbons (Fsp3) is 0.150. The molecule has 0 unspecified atom stereocenters. The molecule has 3 aromatic rings. The van der Waals surface area contributed by atoms with Gasteiger partial charge in [0, 0.05) is 13.2 Å². The summed E-state index contributed by atoms with van der Waals surface area (Å²) >= 11 is 0. The first-order valence-electron chi connectivity index (χ1n) is 8.29. The van der Waals surface area contributed by atoms with E-state index in [1.54, 1.807) is 0 Å². The number of aryl methyl sites for hydroxylation is 1. The minimum absolute atomic E-state index is 0.184. The maximum absolute atomic E-state index is 13.4. The second kappa shape index (κ2) is 7.69. The Balaban J connectivity index is 2.10. The molecule has 2 aromatic carbocycles. The lowest BCUT2D eigenvalue weighted by Gasteiger charge is -2.30. The fourth-order valence-electron chi connectivity index (χ4n) is 2.94. The molecular weight excluding hydrogens is 370 g/mol. The lowest BCUT2D eigenvalue weighted by Crippen LogP contribution is -2.34. The Bertz CT molecular complexity index is 939. The van der Waals surface area contributed by atoms with E-state index in [2.05, 4.69) is 0 Å². The van der Waals surface area contributed by atoms with Crippen LogP contribution in [0.15, 0.2) is 54.7 Å². The predicted octanol–water partition coefficient (Wildman–Crippen LogP) is 3.51. The van der Waals surface area contributed by atoms with Crippen LogP contribution in [0.5, 0.6) is 11.6 Å². The molecule has 8 heteroatoms. The molecule has 0 saturated heterocycles. The SMILES string of the molecule is CON(C(=O)c1cn(C)c(O)c1O)C(c1ccc(F)cc1)c1ccc(F)cc1. The highest BCUT2D eigenvalue weighted by Crippen LogP contribution is 2.35. The largest absolute Gasteiger partial charge is 0.503 e. The van der Waals surface area contributed by atoms with Crippen molar-refractivity contribution in [3.8, 4) is 11.6 Å². The Morgan fingerprint density at radius 2 is 1.46 bits per heavy atom. The molecule has 3 rings (SSSR count). The Morgan fingerprint density at radius 3 is 1.82 bits per heavy atom. The molecule has 0 aliphatic rings. The topological polar surface area (TPSA) is 74.9 Å². The maximum Gasteiger partial charge on any atom is 0.283 e. The van der Waals surface area contributed by atoms with Crippen LogP contribution in [-0.2, 0) is 11.9 Å². The number of aromatic hydroxyl groups is 2. The van der Waals surface area contributed by atoms with E-state index in [4.69, 9.17) is 4.84 Å². The first kappa shape index (κ1) is 19.4. The lowest BCUT2D eigenvalue weighted by molar-refractivity contribution is -0.115. The molecule has 1 aromatic heterocycles. The molecule has 6 nitrogen and oxygen atoms in total. The van der Waals surface area contributed by atoms with E-state index in [0.29, 0.717) is 11.1 Å². The third-order valence-corrected chi connectivity index (χ3v) is 4.36. The number of hydroxylamine groups is 2. The summed E-state index contributed by atoms with van der Waals surface area (Å²) in [6.07, 6.45) is 1.26. The van der Waals surface area contributed by atoms with Gasteiger partial charge in [0.15, 0.2) is 5.75 Å². The van der Waals surface area contributed by atoms with Crippen LogP contribution in [0.1, 0.15) is 27.5 Å². The van der Waals surface area contributed by atoms with E-state index in [1.807, 2.05) is 0 Å². The molecule has 0 spiro atoms. The van der Waals surface area contributed by atoms with Crippen LogP contribution in [0.4, 0.5) is 8.78 Å². The van der Waals surface area contributed by atoms with Gasteiger partial charge in [-0.15, -0.1) is 0 Å². The quantitative estimate of drug-likeness (QED) is 0.656. The third-order valence-electron chi connectivity index (χ3n) is 4.36. The van der Waals surface area contributed by atoms with Gasteiger partial charge >= 0.3 is 0 Å². The number of carbonyl (C=O) groups excluding carboxylic acids is 1. The Labute approximate surface area is 159 Å². The highest BCUT2D eigenvalue weighted by atomic mass is 19.1. The number of nitrogens with zero attached hydrogens (tertiary/aromatic N) is 2. The average molecular weight is 388 g/mol. The van der Waals surface area contributed by atoms with Gasteiger partial charge in [0.2, 0.25) is 5.88 Å². The lowest BCUT2D eigenvalue weighted by atomic mass is 9.97.